The van der Waals surface area contributed by atoms with E-state index in [1.54, 1.807) is 20.2 Å². The van der Waals surface area contributed by atoms with Crippen LogP contribution in [-0.2, 0) is 0 Å². The quantitative estimate of drug-likeness (QED) is 0.874. The lowest BCUT2D eigenvalue weighted by Gasteiger charge is -2.12. The van der Waals surface area contributed by atoms with Crippen molar-refractivity contribution in [2.45, 2.75) is 6.92 Å². The summed E-state index contributed by atoms with van der Waals surface area (Å²) in [6, 6.07) is 7.34. The lowest BCUT2D eigenvalue weighted by atomic mass is 10.3. The molecule has 0 bridgehead atoms. The Balaban J connectivity index is 2.27. The smallest absolute Gasteiger partial charge is 0.268 e. The van der Waals surface area contributed by atoms with E-state index in [0.717, 1.165) is 5.75 Å². The Hall–Kier alpha value is -2.50. The maximum absolute atomic E-state index is 5.73. The van der Waals surface area contributed by atoms with E-state index in [9.17, 15) is 0 Å². The van der Waals surface area contributed by atoms with Crippen LogP contribution in [-0.4, -0.2) is 30.7 Å². The number of nitrogens with zero attached hydrogens (tertiary/aromatic N) is 2. The lowest BCUT2D eigenvalue weighted by Crippen LogP contribution is -2.01. The summed E-state index contributed by atoms with van der Waals surface area (Å²) in [4.78, 5) is 8.16. The third-order valence-electron chi connectivity index (χ3n) is 2.54. The highest BCUT2D eigenvalue weighted by Crippen LogP contribution is 2.34. The number of nitrogens with one attached hydrogen (secondary N) is 1. The third kappa shape index (κ3) is 3.09. The maximum Gasteiger partial charge on any atom is 0.268 e. The Morgan fingerprint density at radius 3 is 2.70 bits per heavy atom. The van der Waals surface area contributed by atoms with E-state index < -0.39 is 0 Å². The Morgan fingerprint density at radius 1 is 1.20 bits per heavy atom. The Morgan fingerprint density at radius 2 is 2.00 bits per heavy atom. The molecule has 2 rings (SSSR count). The van der Waals surface area contributed by atoms with Crippen LogP contribution in [0, 0.1) is 0 Å². The van der Waals surface area contributed by atoms with Crippen LogP contribution in [0.2, 0.25) is 0 Å². The van der Waals surface area contributed by atoms with Gasteiger partial charge in [0.05, 0.1) is 13.7 Å². The number of hydrogen-bond acceptors (Lipinski definition) is 6. The third-order valence-corrected chi connectivity index (χ3v) is 2.54. The van der Waals surface area contributed by atoms with Crippen molar-refractivity contribution in [3.63, 3.8) is 0 Å². The summed E-state index contributed by atoms with van der Waals surface area (Å²) in [6.07, 6.45) is 1.41. The van der Waals surface area contributed by atoms with E-state index >= 15 is 0 Å². The minimum absolute atomic E-state index is 0.348. The highest BCUT2D eigenvalue weighted by Gasteiger charge is 2.13. The first kappa shape index (κ1) is 13.9. The van der Waals surface area contributed by atoms with Crippen LogP contribution in [0.4, 0.5) is 5.82 Å². The molecule has 0 amide bonds. The van der Waals surface area contributed by atoms with Gasteiger partial charge in [-0.05, 0) is 19.1 Å². The van der Waals surface area contributed by atoms with E-state index in [1.165, 1.54) is 6.33 Å². The summed E-state index contributed by atoms with van der Waals surface area (Å²) >= 11 is 0. The first-order valence-corrected chi connectivity index (χ1v) is 6.26. The van der Waals surface area contributed by atoms with Gasteiger partial charge in [-0.2, -0.15) is 4.98 Å². The molecule has 2 aromatic rings. The topological polar surface area (TPSA) is 65.5 Å². The van der Waals surface area contributed by atoms with Crippen LogP contribution >= 0.6 is 0 Å². The lowest BCUT2D eigenvalue weighted by molar-refractivity contribution is 0.336. The van der Waals surface area contributed by atoms with Crippen molar-refractivity contribution in [1.29, 1.82) is 0 Å². The van der Waals surface area contributed by atoms with E-state index in [-0.39, 0.29) is 0 Å². The molecule has 0 aliphatic heterocycles. The molecule has 0 saturated carbocycles. The molecule has 0 aliphatic carbocycles. The van der Waals surface area contributed by atoms with Crippen molar-refractivity contribution in [1.82, 2.24) is 9.97 Å². The standard InChI is InChI=1S/C14H17N3O3/c1-4-19-10-6-5-7-11(8-10)20-14-12(18-3)13(15-2)16-9-17-14/h5-9H,4H2,1-3H3,(H,15,16,17). The fourth-order valence-corrected chi connectivity index (χ4v) is 1.70. The molecule has 0 spiro atoms. The summed E-state index contributed by atoms with van der Waals surface area (Å²) in [5, 5.41) is 2.92. The van der Waals surface area contributed by atoms with Crippen LogP contribution < -0.4 is 19.5 Å². The average molecular weight is 275 g/mol. The second kappa shape index (κ2) is 6.60. The molecule has 6 heteroatoms. The highest BCUT2D eigenvalue weighted by molar-refractivity contribution is 5.55. The van der Waals surface area contributed by atoms with Gasteiger partial charge < -0.3 is 19.5 Å². The van der Waals surface area contributed by atoms with Crippen LogP contribution in [0.5, 0.6) is 23.1 Å². The molecule has 0 atom stereocenters. The van der Waals surface area contributed by atoms with Crippen LogP contribution in [0.25, 0.3) is 0 Å². The van der Waals surface area contributed by atoms with Crippen molar-refractivity contribution >= 4 is 5.82 Å². The normalized spacial score (nSPS) is 9.95. The zero-order valence-electron chi connectivity index (χ0n) is 11.7. The van der Waals surface area contributed by atoms with Crippen LogP contribution in [0.15, 0.2) is 30.6 Å². The Kier molecular flexibility index (Phi) is 4.60. The van der Waals surface area contributed by atoms with Crippen molar-refractivity contribution in [3.8, 4) is 23.1 Å². The number of anilines is 1. The van der Waals surface area contributed by atoms with Gasteiger partial charge in [-0.1, -0.05) is 6.07 Å². The van der Waals surface area contributed by atoms with Crippen molar-refractivity contribution in [2.75, 3.05) is 26.1 Å². The van der Waals surface area contributed by atoms with Gasteiger partial charge in [0.25, 0.3) is 5.88 Å². The Labute approximate surface area is 117 Å². The SMILES string of the molecule is CCOc1cccc(Oc2ncnc(NC)c2OC)c1. The van der Waals surface area contributed by atoms with E-state index in [0.29, 0.717) is 29.8 Å². The van der Waals surface area contributed by atoms with Gasteiger partial charge in [-0.15, -0.1) is 0 Å². The van der Waals surface area contributed by atoms with Crippen LogP contribution in [0.3, 0.4) is 0 Å². The molecule has 106 valence electrons. The molecule has 0 unspecified atom stereocenters. The van der Waals surface area contributed by atoms with E-state index in [2.05, 4.69) is 15.3 Å². The fourth-order valence-electron chi connectivity index (χ4n) is 1.70. The molecular weight excluding hydrogens is 258 g/mol. The van der Waals surface area contributed by atoms with Gasteiger partial charge in [0, 0.05) is 13.1 Å². The molecule has 1 aromatic carbocycles. The minimum Gasteiger partial charge on any atom is -0.494 e. The van der Waals surface area contributed by atoms with Crippen LogP contribution in [0.1, 0.15) is 6.92 Å². The van der Waals surface area contributed by atoms with Gasteiger partial charge in [-0.25, -0.2) is 4.98 Å². The number of benzene rings is 1. The number of ether oxygens (including phenoxy) is 3. The number of hydrogen-bond donors (Lipinski definition) is 1. The molecule has 1 N–H and O–H groups in total. The Bertz CT molecular complexity index is 575. The molecule has 0 radical (unpaired) electrons. The monoisotopic (exact) mass is 275 g/mol. The molecule has 6 nitrogen and oxygen atoms in total. The van der Waals surface area contributed by atoms with E-state index in [1.807, 2.05) is 25.1 Å². The first-order valence-electron chi connectivity index (χ1n) is 6.26. The zero-order valence-corrected chi connectivity index (χ0v) is 11.7. The highest BCUT2D eigenvalue weighted by atomic mass is 16.5. The largest absolute Gasteiger partial charge is 0.494 e. The van der Waals surface area contributed by atoms with E-state index in [4.69, 9.17) is 14.2 Å². The summed E-state index contributed by atoms with van der Waals surface area (Å²) in [5.74, 6) is 2.73. The van der Waals surface area contributed by atoms with Gasteiger partial charge in [0.15, 0.2) is 5.82 Å². The second-order valence-electron chi connectivity index (χ2n) is 3.82. The molecule has 0 aliphatic rings. The van der Waals surface area contributed by atoms with Crippen molar-refractivity contribution < 1.29 is 14.2 Å². The summed E-state index contributed by atoms with van der Waals surface area (Å²) in [7, 11) is 3.30. The predicted octanol–water partition coefficient (Wildman–Crippen LogP) is 2.72. The maximum atomic E-state index is 5.73. The van der Waals surface area contributed by atoms with Gasteiger partial charge >= 0.3 is 0 Å². The van der Waals surface area contributed by atoms with Crippen molar-refractivity contribution in [3.05, 3.63) is 30.6 Å². The summed E-state index contributed by atoms with van der Waals surface area (Å²) in [5.41, 5.74) is 0. The van der Waals surface area contributed by atoms with Crippen molar-refractivity contribution in [2.24, 2.45) is 0 Å². The summed E-state index contributed by atoms with van der Waals surface area (Å²) < 4.78 is 16.4. The second-order valence-corrected chi connectivity index (χ2v) is 3.82. The molecule has 20 heavy (non-hydrogen) atoms. The zero-order chi connectivity index (χ0) is 14.4. The minimum atomic E-state index is 0.348. The van der Waals surface area contributed by atoms with Gasteiger partial charge in [0.1, 0.15) is 17.8 Å². The van der Waals surface area contributed by atoms with Gasteiger partial charge in [-0.3, -0.25) is 0 Å². The molecule has 1 aromatic heterocycles. The fraction of sp³-hybridized carbons (Fsp3) is 0.286. The average Bonchev–Trinajstić information content (AvgIpc) is 2.47. The molecular formula is C14H17N3O3. The number of rotatable bonds is 6. The number of aromatic nitrogens is 2. The summed E-state index contributed by atoms with van der Waals surface area (Å²) in [6.45, 7) is 2.53. The molecule has 0 saturated heterocycles. The van der Waals surface area contributed by atoms with Gasteiger partial charge in [0.2, 0.25) is 5.75 Å². The number of methoxy groups -OCH3 is 1. The molecule has 1 heterocycles. The predicted molar refractivity (Wildman–Crippen MR) is 75.8 cm³/mol. The first-order chi connectivity index (χ1) is 9.78. The molecule has 0 fully saturated rings.